The lowest BCUT2D eigenvalue weighted by atomic mass is 10.3. The van der Waals surface area contributed by atoms with Gasteiger partial charge in [-0.3, -0.25) is 0 Å². The Kier molecular flexibility index (Phi) is 2.53. The molecule has 0 atom stereocenters. The highest BCUT2D eigenvalue weighted by atomic mass is 35.5. The van der Waals surface area contributed by atoms with Crippen molar-refractivity contribution in [1.82, 2.24) is 4.98 Å². The first-order chi connectivity index (χ1) is 5.74. The van der Waals surface area contributed by atoms with Crippen LogP contribution in [0.5, 0.6) is 0 Å². The lowest BCUT2D eigenvalue weighted by Gasteiger charge is -1.95. The third kappa shape index (κ3) is 1.88. The number of hydrogen-bond donors (Lipinski definition) is 1. The van der Waals surface area contributed by atoms with E-state index in [1.54, 1.807) is 18.2 Å². The van der Waals surface area contributed by atoms with E-state index < -0.39 is 0 Å². The number of hydrogen-bond acceptors (Lipinski definition) is 3. The van der Waals surface area contributed by atoms with E-state index in [-0.39, 0.29) is 0 Å². The molecule has 0 unspecified atom stereocenters. The molecule has 0 fully saturated rings. The standard InChI is InChI=1S/C8H4ClN3/c9-8-4-3-6(11)7(12-8)2-1-5-10/h3-4H,11H2. The first-order valence-corrected chi connectivity index (χ1v) is 3.44. The van der Waals surface area contributed by atoms with Gasteiger partial charge in [-0.2, -0.15) is 5.26 Å². The van der Waals surface area contributed by atoms with Crippen molar-refractivity contribution in [2.75, 3.05) is 5.73 Å². The summed E-state index contributed by atoms with van der Waals surface area (Å²) in [6.45, 7) is 0. The average molecular weight is 178 g/mol. The van der Waals surface area contributed by atoms with E-state index >= 15 is 0 Å². The van der Waals surface area contributed by atoms with Gasteiger partial charge < -0.3 is 5.73 Å². The van der Waals surface area contributed by atoms with Crippen molar-refractivity contribution in [3.8, 4) is 17.9 Å². The molecule has 4 heteroatoms. The van der Waals surface area contributed by atoms with Gasteiger partial charge in [0.15, 0.2) is 6.07 Å². The summed E-state index contributed by atoms with van der Waals surface area (Å²) in [6.07, 6.45) is 0. The Morgan fingerprint density at radius 1 is 1.50 bits per heavy atom. The molecule has 0 bridgehead atoms. The molecule has 12 heavy (non-hydrogen) atoms. The number of nitrogens with zero attached hydrogens (tertiary/aromatic N) is 2. The van der Waals surface area contributed by atoms with Crippen LogP contribution in [0.4, 0.5) is 5.69 Å². The van der Waals surface area contributed by atoms with Crippen LogP contribution in [0, 0.1) is 23.2 Å². The summed E-state index contributed by atoms with van der Waals surface area (Å²) in [5.41, 5.74) is 6.25. The minimum absolute atomic E-state index is 0.312. The maximum atomic E-state index is 8.16. The molecule has 1 heterocycles. The Labute approximate surface area is 74.8 Å². The highest BCUT2D eigenvalue weighted by molar-refractivity contribution is 6.29. The van der Waals surface area contributed by atoms with Crippen LogP contribution < -0.4 is 5.73 Å². The highest BCUT2D eigenvalue weighted by Gasteiger charge is 1.96. The smallest absolute Gasteiger partial charge is 0.152 e. The van der Waals surface area contributed by atoms with Crippen LogP contribution in [0.25, 0.3) is 0 Å². The molecule has 1 aromatic rings. The second-order valence-electron chi connectivity index (χ2n) is 1.93. The maximum Gasteiger partial charge on any atom is 0.152 e. The number of pyridine rings is 1. The lowest BCUT2D eigenvalue weighted by molar-refractivity contribution is 1.29. The van der Waals surface area contributed by atoms with E-state index in [1.165, 1.54) is 0 Å². The molecule has 0 aliphatic rings. The van der Waals surface area contributed by atoms with Crippen molar-refractivity contribution in [2.45, 2.75) is 0 Å². The zero-order valence-electron chi connectivity index (χ0n) is 6.00. The quantitative estimate of drug-likeness (QED) is 0.478. The van der Waals surface area contributed by atoms with Gasteiger partial charge in [-0.15, -0.1) is 0 Å². The normalized spacial score (nSPS) is 8.00. The number of halogens is 1. The van der Waals surface area contributed by atoms with Crippen LogP contribution in [0.1, 0.15) is 5.69 Å². The van der Waals surface area contributed by atoms with Crippen LogP contribution in [0.15, 0.2) is 12.1 Å². The summed E-state index contributed by atoms with van der Waals surface area (Å²) in [4.78, 5) is 3.83. The fourth-order valence-corrected chi connectivity index (χ4v) is 0.781. The van der Waals surface area contributed by atoms with E-state index in [4.69, 9.17) is 22.6 Å². The van der Waals surface area contributed by atoms with Crippen molar-refractivity contribution >= 4 is 17.3 Å². The predicted octanol–water partition coefficient (Wildman–Crippen LogP) is 1.19. The van der Waals surface area contributed by atoms with Gasteiger partial charge in [0.25, 0.3) is 0 Å². The topological polar surface area (TPSA) is 62.7 Å². The van der Waals surface area contributed by atoms with Crippen molar-refractivity contribution in [3.63, 3.8) is 0 Å². The van der Waals surface area contributed by atoms with Crippen molar-refractivity contribution in [3.05, 3.63) is 23.0 Å². The third-order valence-electron chi connectivity index (χ3n) is 1.13. The van der Waals surface area contributed by atoms with Crippen LogP contribution in [0.2, 0.25) is 5.15 Å². The fourth-order valence-electron chi connectivity index (χ4n) is 0.633. The molecular weight excluding hydrogens is 174 g/mol. The van der Waals surface area contributed by atoms with E-state index in [9.17, 15) is 0 Å². The summed E-state index contributed by atoms with van der Waals surface area (Å²) in [7, 11) is 0. The number of anilines is 1. The largest absolute Gasteiger partial charge is 0.396 e. The Morgan fingerprint density at radius 2 is 2.25 bits per heavy atom. The Bertz CT molecular complexity index is 395. The van der Waals surface area contributed by atoms with Gasteiger partial charge >= 0.3 is 0 Å². The molecule has 1 aromatic heterocycles. The van der Waals surface area contributed by atoms with Crippen molar-refractivity contribution in [1.29, 1.82) is 5.26 Å². The summed E-state index contributed by atoms with van der Waals surface area (Å²) < 4.78 is 0. The fraction of sp³-hybridized carbons (Fsp3) is 0. The van der Waals surface area contributed by atoms with E-state index in [2.05, 4.69) is 16.8 Å². The minimum Gasteiger partial charge on any atom is -0.396 e. The number of nitrogens with two attached hydrogens (primary N) is 1. The highest BCUT2D eigenvalue weighted by Crippen LogP contribution is 2.11. The predicted molar refractivity (Wildman–Crippen MR) is 46.2 cm³/mol. The second-order valence-corrected chi connectivity index (χ2v) is 2.32. The number of nitriles is 1. The molecule has 2 N–H and O–H groups in total. The Balaban J connectivity index is 3.16. The summed E-state index contributed by atoms with van der Waals surface area (Å²) >= 11 is 5.58. The number of nitrogen functional groups attached to an aromatic ring is 1. The molecule has 3 nitrogen and oxygen atoms in total. The lowest BCUT2D eigenvalue weighted by Crippen LogP contribution is -1.93. The van der Waals surface area contributed by atoms with Crippen LogP contribution in [0.3, 0.4) is 0 Å². The molecule has 0 saturated heterocycles. The van der Waals surface area contributed by atoms with Gasteiger partial charge in [0.1, 0.15) is 10.8 Å². The zero-order valence-corrected chi connectivity index (χ0v) is 6.76. The third-order valence-corrected chi connectivity index (χ3v) is 1.34. The monoisotopic (exact) mass is 177 g/mol. The molecule has 0 aliphatic heterocycles. The maximum absolute atomic E-state index is 8.16. The first-order valence-electron chi connectivity index (χ1n) is 3.06. The van der Waals surface area contributed by atoms with Gasteiger partial charge in [-0.05, 0) is 18.1 Å². The molecule has 0 aliphatic carbocycles. The summed E-state index contributed by atoms with van der Waals surface area (Å²) in [5.74, 6) is 4.66. The van der Waals surface area contributed by atoms with E-state index in [0.717, 1.165) is 0 Å². The van der Waals surface area contributed by atoms with E-state index in [1.807, 2.05) is 0 Å². The summed E-state index contributed by atoms with van der Waals surface area (Å²) in [6, 6.07) is 4.82. The number of aromatic nitrogens is 1. The second kappa shape index (κ2) is 3.61. The van der Waals surface area contributed by atoms with Crippen LogP contribution in [-0.4, -0.2) is 4.98 Å². The van der Waals surface area contributed by atoms with Gasteiger partial charge in [0.2, 0.25) is 0 Å². The van der Waals surface area contributed by atoms with Crippen LogP contribution in [-0.2, 0) is 0 Å². The average Bonchev–Trinajstić information content (AvgIpc) is 2.07. The molecule has 1 rings (SSSR count). The van der Waals surface area contributed by atoms with E-state index in [0.29, 0.717) is 16.5 Å². The number of rotatable bonds is 0. The van der Waals surface area contributed by atoms with Crippen molar-refractivity contribution < 1.29 is 0 Å². The molecule has 0 radical (unpaired) electrons. The first kappa shape index (κ1) is 8.39. The van der Waals surface area contributed by atoms with Crippen molar-refractivity contribution in [2.24, 2.45) is 0 Å². The molecule has 58 valence electrons. The Morgan fingerprint density at radius 3 is 2.92 bits per heavy atom. The van der Waals surface area contributed by atoms with Gasteiger partial charge in [0.05, 0.1) is 5.69 Å². The Hall–Kier alpha value is -1.71. The minimum atomic E-state index is 0.312. The van der Waals surface area contributed by atoms with Gasteiger partial charge in [-0.25, -0.2) is 4.98 Å². The zero-order chi connectivity index (χ0) is 8.97. The molecular formula is C8H4ClN3. The van der Waals surface area contributed by atoms with Gasteiger partial charge in [0, 0.05) is 5.92 Å². The molecule has 0 spiro atoms. The summed E-state index contributed by atoms with van der Waals surface area (Å²) in [5, 5.41) is 8.47. The van der Waals surface area contributed by atoms with Gasteiger partial charge in [-0.1, -0.05) is 11.6 Å². The molecule has 0 saturated carbocycles. The molecule has 0 amide bonds. The molecule has 0 aromatic carbocycles. The van der Waals surface area contributed by atoms with Crippen LogP contribution >= 0.6 is 11.6 Å². The SMILES string of the molecule is N#CC#Cc1nc(Cl)ccc1N.